The van der Waals surface area contributed by atoms with E-state index in [1.807, 2.05) is 36.4 Å². The first kappa shape index (κ1) is 22.2. The van der Waals surface area contributed by atoms with Crippen molar-refractivity contribution in [2.45, 2.75) is 23.8 Å². The Morgan fingerprint density at radius 3 is 2.65 bits per heavy atom. The van der Waals surface area contributed by atoms with E-state index < -0.39 is 0 Å². The van der Waals surface area contributed by atoms with Gasteiger partial charge in [-0.05, 0) is 49.2 Å². The van der Waals surface area contributed by atoms with Crippen molar-refractivity contribution in [1.29, 1.82) is 0 Å². The maximum absolute atomic E-state index is 13.3. The van der Waals surface area contributed by atoms with Crippen LogP contribution in [0.25, 0.3) is 10.2 Å². The smallest absolute Gasteiger partial charge is 0.239 e. The van der Waals surface area contributed by atoms with Crippen LogP contribution in [-0.2, 0) is 9.53 Å². The zero-order valence-corrected chi connectivity index (χ0v) is 19.7. The third-order valence-electron chi connectivity index (χ3n) is 5.02. The fourth-order valence-corrected chi connectivity index (χ4v) is 5.42. The highest BCUT2D eigenvalue weighted by atomic mass is 35.5. The van der Waals surface area contributed by atoms with Crippen molar-refractivity contribution in [1.82, 2.24) is 4.98 Å². The van der Waals surface area contributed by atoms with Gasteiger partial charge in [-0.25, -0.2) is 4.98 Å². The highest BCUT2D eigenvalue weighted by Crippen LogP contribution is 2.40. The zero-order chi connectivity index (χ0) is 21.8. The maximum Gasteiger partial charge on any atom is 0.239 e. The first-order valence-corrected chi connectivity index (χ1v) is 12.1. The number of thiazole rings is 1. The van der Waals surface area contributed by atoms with E-state index >= 15 is 0 Å². The SMILES string of the molecule is COc1ccc(OC)c2sc(N(CC3CCCO3)C(=O)CSc3ccc(Cl)cc3)nc12. The molecular weight excluding hydrogens is 456 g/mol. The Morgan fingerprint density at radius 2 is 1.97 bits per heavy atom. The van der Waals surface area contributed by atoms with Crippen LogP contribution in [0.4, 0.5) is 5.13 Å². The van der Waals surface area contributed by atoms with Crippen molar-refractivity contribution >= 4 is 56.0 Å². The minimum Gasteiger partial charge on any atom is -0.495 e. The van der Waals surface area contributed by atoms with Crippen LogP contribution in [-0.4, -0.2) is 50.1 Å². The number of carbonyl (C=O) groups excluding carboxylic acids is 1. The molecular formula is C22H23ClN2O4S2. The third-order valence-corrected chi connectivity index (χ3v) is 7.36. The van der Waals surface area contributed by atoms with Gasteiger partial charge in [0.15, 0.2) is 5.13 Å². The number of aromatic nitrogens is 1. The molecule has 2 heterocycles. The van der Waals surface area contributed by atoms with Crippen LogP contribution in [0.2, 0.25) is 5.02 Å². The van der Waals surface area contributed by atoms with Gasteiger partial charge >= 0.3 is 0 Å². The summed E-state index contributed by atoms with van der Waals surface area (Å²) in [5.41, 5.74) is 0.692. The first-order valence-electron chi connectivity index (χ1n) is 9.91. The molecule has 1 aliphatic rings. The number of rotatable bonds is 8. The number of hydrogen-bond donors (Lipinski definition) is 0. The molecule has 0 bridgehead atoms. The van der Waals surface area contributed by atoms with E-state index in [4.69, 9.17) is 30.8 Å². The van der Waals surface area contributed by atoms with Gasteiger partial charge < -0.3 is 14.2 Å². The molecule has 1 atom stereocenters. The lowest BCUT2D eigenvalue weighted by Crippen LogP contribution is -2.38. The molecule has 1 fully saturated rings. The summed E-state index contributed by atoms with van der Waals surface area (Å²) in [5.74, 6) is 1.63. The van der Waals surface area contributed by atoms with Crippen molar-refractivity contribution in [3.8, 4) is 11.5 Å². The van der Waals surface area contributed by atoms with Crippen LogP contribution in [0.15, 0.2) is 41.3 Å². The molecule has 0 spiro atoms. The van der Waals surface area contributed by atoms with E-state index in [-0.39, 0.29) is 12.0 Å². The van der Waals surface area contributed by atoms with Crippen LogP contribution >= 0.6 is 34.7 Å². The van der Waals surface area contributed by atoms with Crippen LogP contribution < -0.4 is 14.4 Å². The van der Waals surface area contributed by atoms with Crippen LogP contribution in [0, 0.1) is 0 Å². The molecule has 1 unspecified atom stereocenters. The maximum atomic E-state index is 13.3. The summed E-state index contributed by atoms with van der Waals surface area (Å²) < 4.78 is 17.6. The topological polar surface area (TPSA) is 60.9 Å². The van der Waals surface area contributed by atoms with Crippen molar-refractivity contribution in [2.24, 2.45) is 0 Å². The van der Waals surface area contributed by atoms with Gasteiger partial charge in [-0.1, -0.05) is 22.9 Å². The van der Waals surface area contributed by atoms with E-state index in [2.05, 4.69) is 0 Å². The van der Waals surface area contributed by atoms with Crippen LogP contribution in [0.1, 0.15) is 12.8 Å². The number of nitrogens with zero attached hydrogens (tertiary/aromatic N) is 2. The largest absolute Gasteiger partial charge is 0.495 e. The highest BCUT2D eigenvalue weighted by molar-refractivity contribution is 8.00. The molecule has 9 heteroatoms. The summed E-state index contributed by atoms with van der Waals surface area (Å²) in [6.07, 6.45) is 1.96. The van der Waals surface area contributed by atoms with E-state index in [9.17, 15) is 4.79 Å². The number of thioether (sulfide) groups is 1. The van der Waals surface area contributed by atoms with Crippen molar-refractivity contribution < 1.29 is 19.0 Å². The predicted molar refractivity (Wildman–Crippen MR) is 126 cm³/mol. The quantitative estimate of drug-likeness (QED) is 0.411. The van der Waals surface area contributed by atoms with Crippen LogP contribution in [0.5, 0.6) is 11.5 Å². The first-order chi connectivity index (χ1) is 15.1. The number of halogens is 1. The fourth-order valence-electron chi connectivity index (χ4n) is 3.42. The molecule has 0 N–H and O–H groups in total. The van der Waals surface area contributed by atoms with Gasteiger partial charge in [-0.3, -0.25) is 9.69 Å². The minimum atomic E-state index is -0.0209. The summed E-state index contributed by atoms with van der Waals surface area (Å²) in [6, 6.07) is 11.2. The van der Waals surface area contributed by atoms with Gasteiger partial charge in [-0.15, -0.1) is 11.8 Å². The standard InChI is InChI=1S/C22H23ClN2O4S2/c1-27-17-9-10-18(28-2)21-20(17)24-22(31-21)25(12-15-4-3-11-29-15)19(26)13-30-16-7-5-14(23)6-8-16/h5-10,15H,3-4,11-13H2,1-2H3. The molecule has 164 valence electrons. The van der Waals surface area contributed by atoms with E-state index in [0.717, 1.165) is 29.0 Å². The van der Waals surface area contributed by atoms with Crippen molar-refractivity contribution in [3.05, 3.63) is 41.4 Å². The highest BCUT2D eigenvalue weighted by Gasteiger charge is 2.27. The number of ether oxygens (including phenoxy) is 3. The van der Waals surface area contributed by atoms with Crippen LogP contribution in [0.3, 0.4) is 0 Å². The molecule has 0 saturated carbocycles. The van der Waals surface area contributed by atoms with Gasteiger partial charge in [0.05, 0.1) is 32.6 Å². The second-order valence-electron chi connectivity index (χ2n) is 7.03. The second kappa shape index (κ2) is 10.1. The molecule has 1 aromatic heterocycles. The van der Waals surface area contributed by atoms with Crippen molar-refractivity contribution in [3.63, 3.8) is 0 Å². The average Bonchev–Trinajstić information content (AvgIpc) is 3.46. The monoisotopic (exact) mass is 478 g/mol. The lowest BCUT2D eigenvalue weighted by Gasteiger charge is -2.23. The molecule has 1 saturated heterocycles. The molecule has 0 aliphatic carbocycles. The molecule has 6 nitrogen and oxygen atoms in total. The Hall–Kier alpha value is -2.00. The van der Waals surface area contributed by atoms with E-state index in [0.29, 0.717) is 39.5 Å². The normalized spacial score (nSPS) is 15.9. The third kappa shape index (κ3) is 5.09. The van der Waals surface area contributed by atoms with Gasteiger partial charge in [0.2, 0.25) is 5.91 Å². The predicted octanol–water partition coefficient (Wildman–Crippen LogP) is 5.27. The van der Waals surface area contributed by atoms with Gasteiger partial charge in [-0.2, -0.15) is 0 Å². The fraction of sp³-hybridized carbons (Fsp3) is 0.364. The number of hydrogen-bond acceptors (Lipinski definition) is 7. The Kier molecular flexibility index (Phi) is 7.22. The number of benzene rings is 2. The number of anilines is 1. The number of methoxy groups -OCH3 is 2. The molecule has 4 rings (SSSR count). The van der Waals surface area contributed by atoms with E-state index in [1.54, 1.807) is 19.1 Å². The Balaban J connectivity index is 1.62. The summed E-state index contributed by atoms with van der Waals surface area (Å²) in [7, 11) is 3.23. The van der Waals surface area contributed by atoms with Crippen molar-refractivity contribution in [2.75, 3.05) is 38.0 Å². The summed E-state index contributed by atoms with van der Waals surface area (Å²) in [5, 5.41) is 1.29. The number of amides is 1. The summed E-state index contributed by atoms with van der Waals surface area (Å²) in [6.45, 7) is 1.21. The molecule has 1 aliphatic heterocycles. The van der Waals surface area contributed by atoms with Gasteiger partial charge in [0.1, 0.15) is 21.7 Å². The zero-order valence-electron chi connectivity index (χ0n) is 17.3. The number of fused-ring (bicyclic) bond motifs is 1. The Bertz CT molecular complexity index is 1010. The molecule has 3 aromatic rings. The Morgan fingerprint density at radius 1 is 1.23 bits per heavy atom. The second-order valence-corrected chi connectivity index (χ2v) is 9.49. The van der Waals surface area contributed by atoms with Gasteiger partial charge in [0, 0.05) is 16.5 Å². The summed E-state index contributed by atoms with van der Waals surface area (Å²) in [4.78, 5) is 20.8. The molecule has 2 aromatic carbocycles. The number of carbonyl (C=O) groups is 1. The van der Waals surface area contributed by atoms with Gasteiger partial charge in [0.25, 0.3) is 0 Å². The van der Waals surface area contributed by atoms with E-state index in [1.165, 1.54) is 23.1 Å². The average molecular weight is 479 g/mol. The molecule has 1 amide bonds. The lowest BCUT2D eigenvalue weighted by molar-refractivity contribution is -0.116. The Labute approximate surface area is 194 Å². The summed E-state index contributed by atoms with van der Waals surface area (Å²) >= 11 is 8.87. The minimum absolute atomic E-state index is 0.0142. The molecule has 0 radical (unpaired) electrons. The lowest BCUT2D eigenvalue weighted by atomic mass is 10.2. The molecule has 31 heavy (non-hydrogen) atoms.